The average Bonchev–Trinajstić information content (AvgIpc) is 2.42. The molecular formula is C18H18O2. The van der Waals surface area contributed by atoms with Gasteiger partial charge in [-0.1, -0.05) is 36.4 Å². The van der Waals surface area contributed by atoms with Crippen LogP contribution in [-0.4, -0.2) is 11.1 Å². The Morgan fingerprint density at radius 3 is 2.10 bits per heavy atom. The van der Waals surface area contributed by atoms with E-state index >= 15 is 0 Å². The van der Waals surface area contributed by atoms with E-state index in [1.54, 1.807) is 12.1 Å². The number of allylic oxidation sites excluding steroid dienone is 1. The third kappa shape index (κ3) is 3.15. The summed E-state index contributed by atoms with van der Waals surface area (Å²) in [6.45, 7) is 6.27. The number of rotatable bonds is 3. The predicted octanol–water partition coefficient (Wildman–Crippen LogP) is 4.56. The van der Waals surface area contributed by atoms with Gasteiger partial charge in [0.25, 0.3) is 0 Å². The number of aryl methyl sites for hydroxylation is 2. The largest absolute Gasteiger partial charge is 0.478 e. The molecular weight excluding hydrogens is 248 g/mol. The van der Waals surface area contributed by atoms with E-state index in [-0.39, 0.29) is 0 Å². The van der Waals surface area contributed by atoms with Crippen LogP contribution in [0.25, 0.3) is 11.6 Å². The lowest BCUT2D eigenvalue weighted by Gasteiger charge is -2.06. The van der Waals surface area contributed by atoms with Crippen LogP contribution in [0.15, 0.2) is 42.5 Å². The van der Waals surface area contributed by atoms with Crippen molar-refractivity contribution in [3.63, 3.8) is 0 Å². The number of hydrogen-bond donors (Lipinski definition) is 1. The summed E-state index contributed by atoms with van der Waals surface area (Å²) < 4.78 is 0. The second kappa shape index (κ2) is 5.74. The summed E-state index contributed by atoms with van der Waals surface area (Å²) in [6, 6.07) is 13.3. The highest BCUT2D eigenvalue weighted by molar-refractivity contribution is 5.88. The molecule has 0 aliphatic heterocycles. The minimum atomic E-state index is -0.897. The summed E-state index contributed by atoms with van der Waals surface area (Å²) in [5.41, 5.74) is 6.23. The Bertz CT molecular complexity index is 664. The Labute approximate surface area is 119 Å². The first-order valence-electron chi connectivity index (χ1n) is 6.56. The Hall–Kier alpha value is -2.35. The Kier molecular flexibility index (Phi) is 4.04. The van der Waals surface area contributed by atoms with Crippen LogP contribution in [-0.2, 0) is 0 Å². The van der Waals surface area contributed by atoms with Crippen LogP contribution in [0, 0.1) is 13.8 Å². The van der Waals surface area contributed by atoms with E-state index in [1.165, 1.54) is 16.7 Å². The molecule has 0 saturated carbocycles. The van der Waals surface area contributed by atoms with Crippen molar-refractivity contribution in [3.8, 4) is 0 Å². The minimum Gasteiger partial charge on any atom is -0.478 e. The van der Waals surface area contributed by atoms with Gasteiger partial charge in [0.2, 0.25) is 0 Å². The smallest absolute Gasteiger partial charge is 0.335 e. The first-order valence-corrected chi connectivity index (χ1v) is 6.56. The number of carboxylic acid groups (broad SMARTS) is 1. The standard InChI is InChI=1S/C18H18O2/c1-12-4-7-17(11-13(12)2)14(3)10-15-5-8-16(9-6-15)18(19)20/h4-11H,1-3H3,(H,19,20). The number of benzene rings is 2. The van der Waals surface area contributed by atoms with E-state index in [0.717, 1.165) is 11.1 Å². The van der Waals surface area contributed by atoms with Gasteiger partial charge in [0, 0.05) is 0 Å². The summed E-state index contributed by atoms with van der Waals surface area (Å²) in [7, 11) is 0. The van der Waals surface area contributed by atoms with Gasteiger partial charge in [-0.3, -0.25) is 0 Å². The van der Waals surface area contributed by atoms with Gasteiger partial charge in [-0.25, -0.2) is 4.79 Å². The number of carboxylic acids is 1. The van der Waals surface area contributed by atoms with Crippen LogP contribution in [0.3, 0.4) is 0 Å². The highest BCUT2D eigenvalue weighted by Gasteiger charge is 2.02. The third-order valence-corrected chi connectivity index (χ3v) is 3.50. The van der Waals surface area contributed by atoms with Crippen molar-refractivity contribution in [1.82, 2.24) is 0 Å². The maximum absolute atomic E-state index is 10.8. The van der Waals surface area contributed by atoms with Crippen LogP contribution in [0.2, 0.25) is 0 Å². The number of aromatic carboxylic acids is 1. The van der Waals surface area contributed by atoms with Crippen molar-refractivity contribution in [1.29, 1.82) is 0 Å². The fraction of sp³-hybridized carbons (Fsp3) is 0.167. The SMILES string of the molecule is CC(=Cc1ccc(C(=O)O)cc1)c1ccc(C)c(C)c1. The molecule has 0 fully saturated rings. The molecule has 0 heterocycles. The summed E-state index contributed by atoms with van der Waals surface area (Å²) in [4.78, 5) is 10.8. The van der Waals surface area contributed by atoms with Gasteiger partial charge >= 0.3 is 5.97 Å². The minimum absolute atomic E-state index is 0.311. The van der Waals surface area contributed by atoms with Gasteiger partial charge < -0.3 is 5.11 Å². The molecule has 0 aliphatic carbocycles. The van der Waals surface area contributed by atoms with Gasteiger partial charge in [-0.05, 0) is 60.7 Å². The quantitative estimate of drug-likeness (QED) is 0.827. The maximum Gasteiger partial charge on any atom is 0.335 e. The molecule has 0 radical (unpaired) electrons. The predicted molar refractivity (Wildman–Crippen MR) is 82.9 cm³/mol. The molecule has 2 aromatic rings. The first-order chi connectivity index (χ1) is 9.47. The molecule has 0 aromatic heterocycles. The molecule has 0 unspecified atom stereocenters. The van der Waals surface area contributed by atoms with Gasteiger partial charge in [0.15, 0.2) is 0 Å². The molecule has 0 amide bonds. The summed E-state index contributed by atoms with van der Waals surface area (Å²) >= 11 is 0. The second-order valence-electron chi connectivity index (χ2n) is 5.05. The van der Waals surface area contributed by atoms with Gasteiger partial charge in [-0.2, -0.15) is 0 Å². The monoisotopic (exact) mass is 266 g/mol. The van der Waals surface area contributed by atoms with Gasteiger partial charge in [0.05, 0.1) is 5.56 Å². The topological polar surface area (TPSA) is 37.3 Å². The highest BCUT2D eigenvalue weighted by Crippen LogP contribution is 2.20. The molecule has 2 heteroatoms. The van der Waals surface area contributed by atoms with E-state index in [1.807, 2.05) is 12.1 Å². The zero-order valence-corrected chi connectivity index (χ0v) is 12.0. The van der Waals surface area contributed by atoms with Crippen molar-refractivity contribution >= 4 is 17.6 Å². The van der Waals surface area contributed by atoms with Crippen LogP contribution in [0.1, 0.15) is 39.5 Å². The lowest BCUT2D eigenvalue weighted by Crippen LogP contribution is -1.94. The molecule has 1 N–H and O–H groups in total. The molecule has 0 spiro atoms. The van der Waals surface area contributed by atoms with E-state index in [9.17, 15) is 4.79 Å². The molecule has 0 saturated heterocycles. The number of hydrogen-bond acceptors (Lipinski definition) is 1. The molecule has 0 bridgehead atoms. The van der Waals surface area contributed by atoms with E-state index < -0.39 is 5.97 Å². The first kappa shape index (κ1) is 14.1. The fourth-order valence-corrected chi connectivity index (χ4v) is 2.04. The van der Waals surface area contributed by atoms with Gasteiger partial charge in [0.1, 0.15) is 0 Å². The Morgan fingerprint density at radius 2 is 1.55 bits per heavy atom. The molecule has 102 valence electrons. The van der Waals surface area contributed by atoms with Crippen molar-refractivity contribution in [3.05, 3.63) is 70.3 Å². The van der Waals surface area contributed by atoms with Crippen molar-refractivity contribution < 1.29 is 9.90 Å². The van der Waals surface area contributed by atoms with Crippen LogP contribution < -0.4 is 0 Å². The lowest BCUT2D eigenvalue weighted by molar-refractivity contribution is 0.0697. The Balaban J connectivity index is 2.29. The zero-order valence-electron chi connectivity index (χ0n) is 12.0. The molecule has 2 rings (SSSR count). The van der Waals surface area contributed by atoms with Crippen LogP contribution >= 0.6 is 0 Å². The van der Waals surface area contributed by atoms with Gasteiger partial charge in [-0.15, -0.1) is 0 Å². The van der Waals surface area contributed by atoms with Crippen molar-refractivity contribution in [2.24, 2.45) is 0 Å². The normalized spacial score (nSPS) is 11.4. The van der Waals surface area contributed by atoms with E-state index in [4.69, 9.17) is 5.11 Å². The van der Waals surface area contributed by atoms with E-state index in [2.05, 4.69) is 45.0 Å². The molecule has 2 aromatic carbocycles. The van der Waals surface area contributed by atoms with E-state index in [0.29, 0.717) is 5.56 Å². The highest BCUT2D eigenvalue weighted by atomic mass is 16.4. The zero-order chi connectivity index (χ0) is 14.7. The molecule has 2 nitrogen and oxygen atoms in total. The Morgan fingerprint density at radius 1 is 0.950 bits per heavy atom. The molecule has 20 heavy (non-hydrogen) atoms. The summed E-state index contributed by atoms with van der Waals surface area (Å²) in [6.07, 6.45) is 2.07. The third-order valence-electron chi connectivity index (χ3n) is 3.50. The van der Waals surface area contributed by atoms with Crippen LogP contribution in [0.5, 0.6) is 0 Å². The van der Waals surface area contributed by atoms with Crippen LogP contribution in [0.4, 0.5) is 0 Å². The lowest BCUT2D eigenvalue weighted by atomic mass is 9.99. The average molecular weight is 266 g/mol. The fourth-order valence-electron chi connectivity index (χ4n) is 2.04. The summed E-state index contributed by atoms with van der Waals surface area (Å²) in [5.74, 6) is -0.897. The second-order valence-corrected chi connectivity index (χ2v) is 5.05. The molecule has 0 aliphatic rings. The summed E-state index contributed by atoms with van der Waals surface area (Å²) in [5, 5.41) is 8.88. The maximum atomic E-state index is 10.8. The number of carbonyl (C=O) groups is 1. The molecule has 0 atom stereocenters. The van der Waals surface area contributed by atoms with Crippen molar-refractivity contribution in [2.45, 2.75) is 20.8 Å². The van der Waals surface area contributed by atoms with Crippen molar-refractivity contribution in [2.75, 3.05) is 0 Å².